The molecule has 0 fully saturated rings. The molecule has 1 amide bonds. The van der Waals surface area contributed by atoms with Gasteiger partial charge in [0.25, 0.3) is 5.95 Å². The minimum atomic E-state index is -1.15. The van der Waals surface area contributed by atoms with Gasteiger partial charge < -0.3 is 19.6 Å². The number of benzene rings is 1. The first-order valence-electron chi connectivity index (χ1n) is 6.05. The van der Waals surface area contributed by atoms with Crippen molar-refractivity contribution >= 4 is 17.6 Å². The summed E-state index contributed by atoms with van der Waals surface area (Å²) in [7, 11) is 0. The maximum absolute atomic E-state index is 11.3. The Morgan fingerprint density at radius 3 is 2.85 bits per heavy atom. The van der Waals surface area contributed by atoms with Gasteiger partial charge in [-0.25, -0.2) is 4.79 Å². The smallest absolute Gasteiger partial charge is 0.371 e. The van der Waals surface area contributed by atoms with Crippen LogP contribution in [0.2, 0.25) is 0 Å². The molecule has 2 heterocycles. The second-order valence-electron chi connectivity index (χ2n) is 4.39. The molecule has 0 bridgehead atoms. The molecular weight excluding hydrogens is 262 g/mol. The lowest BCUT2D eigenvalue weighted by Crippen LogP contribution is -2.18. The summed E-state index contributed by atoms with van der Waals surface area (Å²) < 4.78 is 10.5. The summed E-state index contributed by atoms with van der Waals surface area (Å²) in [4.78, 5) is 22.0. The van der Waals surface area contributed by atoms with Gasteiger partial charge in [-0.2, -0.15) is 0 Å². The van der Waals surface area contributed by atoms with Gasteiger partial charge in [0.15, 0.2) is 0 Å². The molecular formula is C14H11NO5. The number of ether oxygens (including phenoxy) is 1. The van der Waals surface area contributed by atoms with Crippen molar-refractivity contribution in [1.29, 1.82) is 0 Å². The van der Waals surface area contributed by atoms with Crippen LogP contribution in [0.25, 0.3) is 0 Å². The van der Waals surface area contributed by atoms with Gasteiger partial charge in [-0.1, -0.05) is 0 Å². The summed E-state index contributed by atoms with van der Waals surface area (Å²) in [5.74, 6) is -0.671. The predicted molar refractivity (Wildman–Crippen MR) is 69.1 cm³/mol. The number of carboxylic acid groups (broad SMARTS) is 1. The summed E-state index contributed by atoms with van der Waals surface area (Å²) in [6.45, 7) is 0. The lowest BCUT2D eigenvalue weighted by molar-refractivity contribution is -0.116. The van der Waals surface area contributed by atoms with E-state index in [4.69, 9.17) is 14.3 Å². The highest BCUT2D eigenvalue weighted by Crippen LogP contribution is 2.30. The van der Waals surface area contributed by atoms with Crippen molar-refractivity contribution in [1.82, 2.24) is 0 Å². The zero-order chi connectivity index (χ0) is 14.1. The highest BCUT2D eigenvalue weighted by Gasteiger charge is 2.16. The average molecular weight is 273 g/mol. The summed E-state index contributed by atoms with van der Waals surface area (Å²) >= 11 is 0. The van der Waals surface area contributed by atoms with E-state index >= 15 is 0 Å². The SMILES string of the molecule is O=C1CCc2cc(Oc3ccc(C(=O)O)o3)ccc2N1. The van der Waals surface area contributed by atoms with Gasteiger partial charge in [0.05, 0.1) is 0 Å². The van der Waals surface area contributed by atoms with Gasteiger partial charge in [0.1, 0.15) is 5.75 Å². The summed E-state index contributed by atoms with van der Waals surface area (Å²) in [6, 6.07) is 8.02. The number of aryl methyl sites for hydroxylation is 1. The van der Waals surface area contributed by atoms with Crippen molar-refractivity contribution in [2.45, 2.75) is 12.8 Å². The van der Waals surface area contributed by atoms with Gasteiger partial charge in [0.2, 0.25) is 11.7 Å². The van der Waals surface area contributed by atoms with Crippen molar-refractivity contribution in [3.8, 4) is 11.7 Å². The van der Waals surface area contributed by atoms with Crippen LogP contribution in [0.1, 0.15) is 22.5 Å². The lowest BCUT2D eigenvalue weighted by atomic mass is 10.0. The molecule has 0 aliphatic carbocycles. The number of amides is 1. The highest BCUT2D eigenvalue weighted by molar-refractivity contribution is 5.94. The third-order valence-corrected chi connectivity index (χ3v) is 2.98. The maximum Gasteiger partial charge on any atom is 0.371 e. The molecule has 0 radical (unpaired) electrons. The molecule has 0 saturated carbocycles. The van der Waals surface area contributed by atoms with Gasteiger partial charge in [0, 0.05) is 18.2 Å². The first-order chi connectivity index (χ1) is 9.61. The molecule has 0 spiro atoms. The number of anilines is 1. The third-order valence-electron chi connectivity index (χ3n) is 2.98. The maximum atomic E-state index is 11.3. The van der Waals surface area contributed by atoms with Crippen molar-refractivity contribution in [2.24, 2.45) is 0 Å². The summed E-state index contributed by atoms with van der Waals surface area (Å²) in [6.07, 6.45) is 1.09. The summed E-state index contributed by atoms with van der Waals surface area (Å²) in [5, 5.41) is 11.5. The van der Waals surface area contributed by atoms with E-state index < -0.39 is 5.97 Å². The van der Waals surface area contributed by atoms with Gasteiger partial charge in [-0.3, -0.25) is 4.79 Å². The van der Waals surface area contributed by atoms with E-state index in [-0.39, 0.29) is 17.6 Å². The number of aromatic carboxylic acids is 1. The number of rotatable bonds is 3. The normalized spacial score (nSPS) is 13.5. The fourth-order valence-corrected chi connectivity index (χ4v) is 2.03. The molecule has 1 aliphatic heterocycles. The minimum absolute atomic E-state index is 0.00306. The van der Waals surface area contributed by atoms with E-state index in [0.29, 0.717) is 18.6 Å². The molecule has 1 aromatic heterocycles. The van der Waals surface area contributed by atoms with Crippen LogP contribution in [0, 0.1) is 0 Å². The van der Waals surface area contributed by atoms with Crippen LogP contribution < -0.4 is 10.1 Å². The first-order valence-corrected chi connectivity index (χ1v) is 6.05. The number of nitrogens with one attached hydrogen (secondary N) is 1. The molecule has 1 aromatic carbocycles. The van der Waals surface area contributed by atoms with Gasteiger partial charge in [-0.05, 0) is 36.2 Å². The van der Waals surface area contributed by atoms with Crippen LogP contribution in [0.4, 0.5) is 5.69 Å². The fourth-order valence-electron chi connectivity index (χ4n) is 2.03. The standard InChI is InChI=1S/C14H11NO5/c16-12-5-1-8-7-9(2-3-10(8)15-12)19-13-6-4-11(20-13)14(17)18/h2-4,6-7H,1,5H2,(H,15,16)(H,17,18). The van der Waals surface area contributed by atoms with Gasteiger partial charge in [-0.15, -0.1) is 0 Å². The van der Waals surface area contributed by atoms with Crippen LogP contribution in [0.15, 0.2) is 34.7 Å². The van der Waals surface area contributed by atoms with E-state index in [2.05, 4.69) is 5.32 Å². The number of fused-ring (bicyclic) bond motifs is 1. The molecule has 3 rings (SSSR count). The van der Waals surface area contributed by atoms with Crippen molar-refractivity contribution in [2.75, 3.05) is 5.32 Å². The van der Waals surface area contributed by atoms with E-state index in [1.165, 1.54) is 12.1 Å². The molecule has 2 aromatic rings. The monoisotopic (exact) mass is 273 g/mol. The first kappa shape index (κ1) is 12.3. The molecule has 0 unspecified atom stereocenters. The Morgan fingerprint density at radius 2 is 2.10 bits per heavy atom. The Labute approximate surface area is 114 Å². The zero-order valence-corrected chi connectivity index (χ0v) is 10.4. The highest BCUT2D eigenvalue weighted by atomic mass is 16.6. The number of carbonyl (C=O) groups excluding carboxylic acids is 1. The molecule has 0 saturated heterocycles. The van der Waals surface area contributed by atoms with E-state index in [9.17, 15) is 9.59 Å². The topological polar surface area (TPSA) is 88.8 Å². The van der Waals surface area contributed by atoms with E-state index in [1.807, 2.05) is 0 Å². The van der Waals surface area contributed by atoms with Crippen LogP contribution in [0.3, 0.4) is 0 Å². The molecule has 1 aliphatic rings. The molecule has 2 N–H and O–H groups in total. The largest absolute Gasteiger partial charge is 0.475 e. The summed E-state index contributed by atoms with van der Waals surface area (Å²) in [5.41, 5.74) is 1.76. The predicted octanol–water partition coefficient (Wildman–Crippen LogP) is 2.65. The van der Waals surface area contributed by atoms with Crippen LogP contribution in [-0.2, 0) is 11.2 Å². The van der Waals surface area contributed by atoms with Crippen LogP contribution >= 0.6 is 0 Å². The van der Waals surface area contributed by atoms with E-state index in [1.54, 1.807) is 18.2 Å². The quantitative estimate of drug-likeness (QED) is 0.897. The fraction of sp³-hybridized carbons (Fsp3) is 0.143. The third kappa shape index (κ3) is 2.35. The number of hydrogen-bond acceptors (Lipinski definition) is 4. The Kier molecular flexibility index (Phi) is 2.90. The Bertz CT molecular complexity index is 689. The molecule has 0 atom stereocenters. The molecule has 6 nitrogen and oxygen atoms in total. The van der Waals surface area contributed by atoms with Crippen molar-refractivity contribution in [3.05, 3.63) is 41.7 Å². The molecule has 102 valence electrons. The van der Waals surface area contributed by atoms with E-state index in [0.717, 1.165) is 11.3 Å². The Morgan fingerprint density at radius 1 is 1.25 bits per heavy atom. The van der Waals surface area contributed by atoms with Crippen LogP contribution in [0.5, 0.6) is 11.7 Å². The number of carbonyl (C=O) groups is 2. The van der Waals surface area contributed by atoms with Crippen molar-refractivity contribution < 1.29 is 23.8 Å². The second-order valence-corrected chi connectivity index (χ2v) is 4.39. The Balaban J connectivity index is 1.80. The number of furan rings is 1. The minimum Gasteiger partial charge on any atom is -0.475 e. The van der Waals surface area contributed by atoms with Crippen LogP contribution in [-0.4, -0.2) is 17.0 Å². The second kappa shape index (κ2) is 4.73. The van der Waals surface area contributed by atoms with Gasteiger partial charge >= 0.3 is 5.97 Å². The lowest BCUT2D eigenvalue weighted by Gasteiger charge is -2.17. The Hall–Kier alpha value is -2.76. The number of hydrogen-bond donors (Lipinski definition) is 2. The molecule has 6 heteroatoms. The van der Waals surface area contributed by atoms with Crippen molar-refractivity contribution in [3.63, 3.8) is 0 Å². The average Bonchev–Trinajstić information content (AvgIpc) is 2.88. The zero-order valence-electron chi connectivity index (χ0n) is 10.4. The molecule has 20 heavy (non-hydrogen) atoms. The number of carboxylic acids is 1.